The minimum absolute atomic E-state index is 0.0569. The zero-order chi connectivity index (χ0) is 13.1. The lowest BCUT2D eigenvalue weighted by atomic mass is 10.0. The third-order valence-electron chi connectivity index (χ3n) is 2.61. The molecule has 5 nitrogen and oxygen atoms in total. The first-order valence-corrected chi connectivity index (χ1v) is 5.32. The van der Waals surface area contributed by atoms with Crippen LogP contribution in [0.1, 0.15) is 15.9 Å². The van der Waals surface area contributed by atoms with Crippen LogP contribution in [0.5, 0.6) is 5.75 Å². The molecule has 0 amide bonds. The highest BCUT2D eigenvalue weighted by atomic mass is 16.5. The van der Waals surface area contributed by atoms with Crippen molar-refractivity contribution in [3.63, 3.8) is 0 Å². The first-order chi connectivity index (χ1) is 8.65. The molecule has 1 aromatic carbocycles. The van der Waals surface area contributed by atoms with Gasteiger partial charge in [-0.25, -0.2) is 14.8 Å². The van der Waals surface area contributed by atoms with Crippen molar-refractivity contribution < 1.29 is 14.6 Å². The van der Waals surface area contributed by atoms with Crippen LogP contribution in [0.25, 0.3) is 11.3 Å². The number of carboxylic acid groups (broad SMARTS) is 1. The molecule has 2 aromatic rings. The number of hydrogen-bond donors (Lipinski definition) is 1. The number of carboxylic acids is 1. The fraction of sp³-hybridized carbons (Fsp3) is 0.154. The first kappa shape index (κ1) is 12.0. The quantitative estimate of drug-likeness (QED) is 0.895. The Morgan fingerprint density at radius 2 is 2.17 bits per heavy atom. The number of benzene rings is 1. The van der Waals surface area contributed by atoms with E-state index in [-0.39, 0.29) is 5.56 Å². The molecule has 0 aliphatic rings. The van der Waals surface area contributed by atoms with Gasteiger partial charge in [0.25, 0.3) is 0 Å². The Morgan fingerprint density at radius 1 is 1.39 bits per heavy atom. The Kier molecular flexibility index (Phi) is 3.23. The summed E-state index contributed by atoms with van der Waals surface area (Å²) in [6.45, 7) is 1.89. The molecular weight excluding hydrogens is 232 g/mol. The van der Waals surface area contributed by atoms with Crippen LogP contribution in [0, 0.1) is 6.92 Å². The van der Waals surface area contributed by atoms with Gasteiger partial charge in [0, 0.05) is 11.8 Å². The topological polar surface area (TPSA) is 72.3 Å². The van der Waals surface area contributed by atoms with Crippen LogP contribution in [0.2, 0.25) is 0 Å². The minimum atomic E-state index is -1.06. The van der Waals surface area contributed by atoms with Crippen LogP contribution < -0.4 is 4.74 Å². The highest BCUT2D eigenvalue weighted by molar-refractivity contribution is 5.95. The first-order valence-electron chi connectivity index (χ1n) is 5.32. The smallest absolute Gasteiger partial charge is 0.339 e. The van der Waals surface area contributed by atoms with Crippen molar-refractivity contribution in [3.8, 4) is 17.0 Å². The number of aromatic carboxylic acids is 1. The van der Waals surface area contributed by atoms with Gasteiger partial charge in [0.05, 0.1) is 12.8 Å². The van der Waals surface area contributed by atoms with E-state index in [1.165, 1.54) is 12.5 Å². The van der Waals surface area contributed by atoms with Gasteiger partial charge in [-0.05, 0) is 18.6 Å². The predicted molar refractivity (Wildman–Crippen MR) is 65.7 cm³/mol. The van der Waals surface area contributed by atoms with Crippen molar-refractivity contribution >= 4 is 5.97 Å². The Balaban J connectivity index is 2.70. The molecule has 18 heavy (non-hydrogen) atoms. The van der Waals surface area contributed by atoms with E-state index >= 15 is 0 Å². The van der Waals surface area contributed by atoms with Crippen molar-refractivity contribution in [1.29, 1.82) is 0 Å². The average Bonchev–Trinajstić information content (AvgIpc) is 2.38. The van der Waals surface area contributed by atoms with E-state index in [4.69, 9.17) is 9.84 Å². The minimum Gasteiger partial charge on any atom is -0.496 e. The average molecular weight is 244 g/mol. The van der Waals surface area contributed by atoms with Crippen LogP contribution in [0.3, 0.4) is 0 Å². The van der Waals surface area contributed by atoms with Gasteiger partial charge in [-0.1, -0.05) is 12.1 Å². The van der Waals surface area contributed by atoms with Crippen molar-refractivity contribution in [2.75, 3.05) is 7.11 Å². The molecule has 92 valence electrons. The third kappa shape index (κ3) is 2.02. The molecule has 0 unspecified atom stereocenters. The number of ether oxygens (including phenoxy) is 1. The van der Waals surface area contributed by atoms with Crippen LogP contribution in [-0.4, -0.2) is 28.2 Å². The zero-order valence-electron chi connectivity index (χ0n) is 10.0. The molecule has 0 aliphatic carbocycles. The fourth-order valence-electron chi connectivity index (χ4n) is 1.81. The molecular formula is C13H12N2O3. The number of nitrogens with zero attached hydrogens (tertiary/aromatic N) is 2. The summed E-state index contributed by atoms with van der Waals surface area (Å²) in [4.78, 5) is 18.9. The second-order valence-electron chi connectivity index (χ2n) is 3.75. The highest BCUT2D eigenvalue weighted by Gasteiger charge is 2.17. The van der Waals surface area contributed by atoms with E-state index in [1.54, 1.807) is 13.2 Å². The monoisotopic (exact) mass is 244 g/mol. The SMILES string of the molecule is COc1c(C)cccc1-c1ncncc1C(=O)O. The van der Waals surface area contributed by atoms with E-state index in [2.05, 4.69) is 9.97 Å². The number of carbonyl (C=O) groups is 1. The Morgan fingerprint density at radius 3 is 2.83 bits per heavy atom. The Labute approximate surface area is 104 Å². The Hall–Kier alpha value is -2.43. The maximum Gasteiger partial charge on any atom is 0.339 e. The molecule has 0 saturated heterocycles. The molecule has 1 heterocycles. The molecule has 0 atom stereocenters. The molecule has 2 rings (SSSR count). The zero-order valence-corrected chi connectivity index (χ0v) is 10.0. The molecule has 0 aliphatic heterocycles. The van der Waals surface area contributed by atoms with E-state index in [1.807, 2.05) is 19.1 Å². The molecule has 0 fully saturated rings. The summed E-state index contributed by atoms with van der Waals surface area (Å²) in [5.74, 6) is -0.437. The van der Waals surface area contributed by atoms with Gasteiger partial charge in [-0.15, -0.1) is 0 Å². The van der Waals surface area contributed by atoms with Crippen LogP contribution in [0.4, 0.5) is 0 Å². The summed E-state index contributed by atoms with van der Waals surface area (Å²) in [5.41, 5.74) is 1.99. The molecule has 0 saturated carbocycles. The summed E-state index contributed by atoms with van der Waals surface area (Å²) < 4.78 is 5.31. The maximum absolute atomic E-state index is 11.2. The second-order valence-corrected chi connectivity index (χ2v) is 3.75. The van der Waals surface area contributed by atoms with E-state index in [9.17, 15) is 4.79 Å². The number of aromatic nitrogens is 2. The van der Waals surface area contributed by atoms with Crippen LogP contribution in [0.15, 0.2) is 30.7 Å². The molecule has 5 heteroatoms. The molecule has 1 aromatic heterocycles. The van der Waals surface area contributed by atoms with Crippen molar-refractivity contribution in [2.45, 2.75) is 6.92 Å². The van der Waals surface area contributed by atoms with E-state index < -0.39 is 5.97 Å². The standard InChI is InChI=1S/C13H12N2O3/c1-8-4-3-5-9(12(8)18-2)11-10(13(16)17)6-14-7-15-11/h3-7H,1-2H3,(H,16,17). The van der Waals surface area contributed by atoms with Gasteiger partial charge < -0.3 is 9.84 Å². The molecule has 1 N–H and O–H groups in total. The predicted octanol–water partition coefficient (Wildman–Crippen LogP) is 2.16. The summed E-state index contributed by atoms with van der Waals surface area (Å²) in [7, 11) is 1.55. The van der Waals surface area contributed by atoms with E-state index in [0.717, 1.165) is 5.56 Å². The van der Waals surface area contributed by atoms with Gasteiger partial charge in [-0.2, -0.15) is 0 Å². The fourth-order valence-corrected chi connectivity index (χ4v) is 1.81. The normalized spacial score (nSPS) is 10.1. The second kappa shape index (κ2) is 4.83. The lowest BCUT2D eigenvalue weighted by Gasteiger charge is -2.11. The lowest BCUT2D eigenvalue weighted by Crippen LogP contribution is -2.03. The molecule has 0 radical (unpaired) electrons. The maximum atomic E-state index is 11.2. The summed E-state index contributed by atoms with van der Waals surface area (Å²) >= 11 is 0. The third-order valence-corrected chi connectivity index (χ3v) is 2.61. The van der Waals surface area contributed by atoms with Gasteiger partial charge >= 0.3 is 5.97 Å². The number of para-hydroxylation sites is 1. The number of hydrogen-bond acceptors (Lipinski definition) is 4. The van der Waals surface area contributed by atoms with Gasteiger partial charge in [-0.3, -0.25) is 0 Å². The number of rotatable bonds is 3. The Bertz CT molecular complexity index is 597. The number of aryl methyl sites for hydroxylation is 1. The molecule has 0 bridgehead atoms. The van der Waals surface area contributed by atoms with Gasteiger partial charge in [0.2, 0.25) is 0 Å². The number of methoxy groups -OCH3 is 1. The largest absolute Gasteiger partial charge is 0.496 e. The molecule has 0 spiro atoms. The van der Waals surface area contributed by atoms with Crippen LogP contribution >= 0.6 is 0 Å². The summed E-state index contributed by atoms with van der Waals surface area (Å²) in [5, 5.41) is 9.14. The lowest BCUT2D eigenvalue weighted by molar-refractivity contribution is 0.0697. The summed E-state index contributed by atoms with van der Waals surface area (Å²) in [6.07, 6.45) is 2.61. The highest BCUT2D eigenvalue weighted by Crippen LogP contribution is 2.32. The van der Waals surface area contributed by atoms with Crippen molar-refractivity contribution in [1.82, 2.24) is 9.97 Å². The van der Waals surface area contributed by atoms with Gasteiger partial charge in [0.1, 0.15) is 17.6 Å². The van der Waals surface area contributed by atoms with Crippen molar-refractivity contribution in [2.24, 2.45) is 0 Å². The van der Waals surface area contributed by atoms with Gasteiger partial charge in [0.15, 0.2) is 0 Å². The van der Waals surface area contributed by atoms with Crippen molar-refractivity contribution in [3.05, 3.63) is 41.9 Å². The van der Waals surface area contributed by atoms with E-state index in [0.29, 0.717) is 17.0 Å². The summed E-state index contributed by atoms with van der Waals surface area (Å²) in [6, 6.07) is 5.51. The van der Waals surface area contributed by atoms with Crippen LogP contribution in [-0.2, 0) is 0 Å².